The summed E-state index contributed by atoms with van der Waals surface area (Å²) in [5, 5.41) is 20.9. The number of aliphatic imine (C=N–C) groups is 2. The van der Waals surface area contributed by atoms with Crippen molar-refractivity contribution in [2.75, 3.05) is 60.7 Å². The van der Waals surface area contributed by atoms with Gasteiger partial charge in [-0.25, -0.2) is 9.98 Å². The van der Waals surface area contributed by atoms with Gasteiger partial charge in [0.25, 0.3) is 0 Å². The van der Waals surface area contributed by atoms with Gasteiger partial charge in [-0.3, -0.25) is 39.4 Å². The number of hydrogen-bond donors (Lipinski definition) is 8. The second-order valence-corrected chi connectivity index (χ2v) is 8.31. The summed E-state index contributed by atoms with van der Waals surface area (Å²) >= 11 is 0. The predicted octanol–water partition coefficient (Wildman–Crippen LogP) is -4.79. The number of nitrogens with zero attached hydrogens (tertiary/aromatic N) is 4. The van der Waals surface area contributed by atoms with Gasteiger partial charge >= 0.3 is 0 Å². The van der Waals surface area contributed by atoms with Crippen LogP contribution in [0.2, 0.25) is 0 Å². The lowest BCUT2D eigenvalue weighted by atomic mass is 10.3. The molecule has 0 radical (unpaired) electrons. The fourth-order valence-electron chi connectivity index (χ4n) is 3.05. The number of amides is 6. The summed E-state index contributed by atoms with van der Waals surface area (Å²) in [6, 6.07) is 0. The van der Waals surface area contributed by atoms with Crippen LogP contribution in [0.3, 0.4) is 0 Å². The molecule has 0 aliphatic carbocycles. The van der Waals surface area contributed by atoms with Gasteiger partial charge in [-0.1, -0.05) is 19.7 Å². The van der Waals surface area contributed by atoms with E-state index in [0.29, 0.717) is 0 Å². The van der Waals surface area contributed by atoms with Crippen LogP contribution in [0.25, 0.3) is 0 Å². The molecule has 18 nitrogen and oxygen atoms in total. The van der Waals surface area contributed by atoms with Gasteiger partial charge in [0.1, 0.15) is 13.1 Å². The zero-order valence-electron chi connectivity index (χ0n) is 23.8. The third-order valence-electron chi connectivity index (χ3n) is 5.40. The van der Waals surface area contributed by atoms with E-state index in [1.54, 1.807) is 0 Å². The maximum Gasteiger partial charge on any atom is 0.244 e. The van der Waals surface area contributed by atoms with Crippen molar-refractivity contribution in [3.63, 3.8) is 0 Å². The van der Waals surface area contributed by atoms with Crippen molar-refractivity contribution in [3.05, 3.63) is 38.0 Å². The summed E-state index contributed by atoms with van der Waals surface area (Å²) in [5.74, 6) is -4.93. The minimum atomic E-state index is -1.80. The van der Waals surface area contributed by atoms with Crippen LogP contribution in [0.5, 0.6) is 0 Å². The van der Waals surface area contributed by atoms with Gasteiger partial charge in [0, 0.05) is 21.1 Å². The second kappa shape index (κ2) is 17.4. The highest BCUT2D eigenvalue weighted by Crippen LogP contribution is 2.15. The molecular weight excluding hydrogens is 552 g/mol. The molecule has 0 atom stereocenters. The van der Waals surface area contributed by atoms with Crippen LogP contribution in [0.1, 0.15) is 0 Å². The first-order valence-electron chi connectivity index (χ1n) is 12.5. The van der Waals surface area contributed by atoms with E-state index in [1.807, 2.05) is 0 Å². The molecule has 0 saturated heterocycles. The van der Waals surface area contributed by atoms with Crippen molar-refractivity contribution >= 4 is 47.4 Å². The first kappa shape index (κ1) is 34.8. The quantitative estimate of drug-likeness (QED) is 0.0632. The van der Waals surface area contributed by atoms with Crippen LogP contribution in [-0.2, 0) is 28.8 Å². The minimum absolute atomic E-state index is 0.0535. The number of hydrogen-bond acceptors (Lipinski definition) is 12. The fraction of sp³-hybridized carbons (Fsp3) is 0.417. The van der Waals surface area contributed by atoms with Crippen molar-refractivity contribution in [2.24, 2.45) is 9.98 Å². The Morgan fingerprint density at radius 1 is 0.714 bits per heavy atom. The molecule has 6 amide bonds. The summed E-state index contributed by atoms with van der Waals surface area (Å²) in [6.45, 7) is 8.45. The van der Waals surface area contributed by atoms with Crippen molar-refractivity contribution in [1.82, 2.24) is 52.3 Å². The van der Waals surface area contributed by atoms with E-state index in [0.717, 1.165) is 18.2 Å². The smallest absolute Gasteiger partial charge is 0.244 e. The zero-order valence-corrected chi connectivity index (χ0v) is 23.8. The highest BCUT2D eigenvalue weighted by atomic mass is 16.2. The van der Waals surface area contributed by atoms with Gasteiger partial charge < -0.3 is 41.7 Å². The Labute approximate surface area is 243 Å². The van der Waals surface area contributed by atoms with E-state index in [1.165, 1.54) is 30.9 Å². The molecule has 0 saturated carbocycles. The third-order valence-corrected chi connectivity index (χ3v) is 5.40. The van der Waals surface area contributed by atoms with Crippen molar-refractivity contribution in [3.8, 4) is 0 Å². The molecule has 1 heterocycles. The van der Waals surface area contributed by atoms with Gasteiger partial charge in [0.05, 0.1) is 26.4 Å². The van der Waals surface area contributed by atoms with Crippen molar-refractivity contribution < 1.29 is 28.8 Å². The predicted molar refractivity (Wildman–Crippen MR) is 154 cm³/mol. The van der Waals surface area contributed by atoms with Gasteiger partial charge in [-0.2, -0.15) is 0 Å². The molecule has 0 unspecified atom stereocenters. The largest absolute Gasteiger partial charge is 0.358 e. The van der Waals surface area contributed by atoms with E-state index in [-0.39, 0.29) is 51.4 Å². The Morgan fingerprint density at radius 3 is 1.50 bits per heavy atom. The maximum absolute atomic E-state index is 12.4. The normalized spacial score (nSPS) is 12.9. The van der Waals surface area contributed by atoms with E-state index in [9.17, 15) is 28.8 Å². The lowest BCUT2D eigenvalue weighted by Crippen LogP contribution is -2.64. The summed E-state index contributed by atoms with van der Waals surface area (Å²) in [4.78, 5) is 84.8. The molecule has 42 heavy (non-hydrogen) atoms. The van der Waals surface area contributed by atoms with Crippen molar-refractivity contribution in [2.45, 2.75) is 5.79 Å². The first-order valence-corrected chi connectivity index (χ1v) is 12.5. The topological polar surface area (TPSA) is 230 Å². The number of rotatable bonds is 16. The Hall–Kier alpha value is -5.26. The summed E-state index contributed by atoms with van der Waals surface area (Å²) < 4.78 is 0. The molecule has 0 fully saturated rings. The van der Waals surface area contributed by atoms with Crippen LogP contribution < -0.4 is 42.5 Å². The maximum atomic E-state index is 12.4. The van der Waals surface area contributed by atoms with Gasteiger partial charge in [-0.05, 0) is 18.2 Å². The molecule has 1 rings (SSSR count). The van der Waals surface area contributed by atoms with E-state index < -0.39 is 41.2 Å². The Balaban J connectivity index is 3.78. The van der Waals surface area contributed by atoms with E-state index in [4.69, 9.17) is 0 Å². The monoisotopic (exact) mass is 590 g/mol. The molecular formula is C24H38N12O6. The van der Waals surface area contributed by atoms with E-state index >= 15 is 0 Å². The molecule has 0 spiro atoms. The van der Waals surface area contributed by atoms with Gasteiger partial charge in [0.2, 0.25) is 53.1 Å². The summed E-state index contributed by atoms with van der Waals surface area (Å²) in [5.41, 5.74) is 0. The summed E-state index contributed by atoms with van der Waals surface area (Å²) in [6.07, 6.45) is 3.09. The average Bonchev–Trinajstić information content (AvgIpc) is 3.01. The Morgan fingerprint density at radius 2 is 1.12 bits per heavy atom. The van der Waals surface area contributed by atoms with Crippen LogP contribution >= 0.6 is 0 Å². The summed E-state index contributed by atoms with van der Waals surface area (Å²) in [7, 11) is 4.25. The molecule has 0 aromatic carbocycles. The van der Waals surface area contributed by atoms with Gasteiger partial charge in [0.15, 0.2) is 0 Å². The molecule has 0 bridgehead atoms. The zero-order chi connectivity index (χ0) is 31.7. The lowest BCUT2D eigenvalue weighted by Gasteiger charge is -2.38. The standard InChI is InChI=1S/C24H38N12O6/c1-7-16(37)28-13-24(31-10-19(40)25-4)33-22(35(11-20(41)26-5)14-29-17(38)8-2)32-23(34-24)36(12-21(42)27-6)15-30-18(39)9-3/h7-9,31H,1-3,10-15H2,4-6H3,(H,25,40)(H,26,41)(H,27,42)(H,28,37)(H,29,38)(H,30,39)(H,32,33,34). The van der Waals surface area contributed by atoms with E-state index in [2.05, 4.69) is 72.3 Å². The van der Waals surface area contributed by atoms with Crippen LogP contribution in [0.4, 0.5) is 0 Å². The third kappa shape index (κ3) is 11.5. The number of nitrogens with one attached hydrogen (secondary N) is 8. The molecule has 1 aliphatic rings. The highest BCUT2D eigenvalue weighted by molar-refractivity contribution is 6.03. The molecule has 0 aromatic heterocycles. The van der Waals surface area contributed by atoms with Crippen LogP contribution in [-0.4, -0.2) is 124 Å². The number of carbonyl (C=O) groups excluding carboxylic acids is 6. The molecule has 0 aromatic rings. The minimum Gasteiger partial charge on any atom is -0.358 e. The molecule has 230 valence electrons. The highest BCUT2D eigenvalue weighted by Gasteiger charge is 2.38. The fourth-order valence-corrected chi connectivity index (χ4v) is 3.05. The number of carbonyl (C=O) groups is 6. The lowest BCUT2D eigenvalue weighted by molar-refractivity contribution is -0.122. The van der Waals surface area contributed by atoms with Crippen LogP contribution in [0.15, 0.2) is 47.9 Å². The van der Waals surface area contributed by atoms with Crippen molar-refractivity contribution in [1.29, 1.82) is 0 Å². The van der Waals surface area contributed by atoms with Crippen LogP contribution in [0, 0.1) is 0 Å². The second-order valence-electron chi connectivity index (χ2n) is 8.31. The Bertz CT molecular complexity index is 1070. The average molecular weight is 591 g/mol. The first-order chi connectivity index (χ1) is 20.0. The SMILES string of the molecule is C=CC(=O)NCN(CC(=O)NC)C1=NC(CNC(=O)C=C)(NCC(=O)NC)N=C(N(CNC(=O)C=C)CC(=O)NC)N1. The molecule has 8 N–H and O–H groups in total. The molecule has 1 aliphatic heterocycles. The Kier molecular flexibility index (Phi) is 14.4. The number of likely N-dealkylation sites (N-methyl/N-ethyl adjacent to an activating group) is 3. The number of guanidine groups is 2. The molecule has 18 heteroatoms. The van der Waals surface area contributed by atoms with Gasteiger partial charge in [-0.15, -0.1) is 0 Å².